The maximum atomic E-state index is 11.4. The van der Waals surface area contributed by atoms with E-state index in [4.69, 9.17) is 9.84 Å². The molecule has 2 heterocycles. The van der Waals surface area contributed by atoms with E-state index in [2.05, 4.69) is 0 Å². The monoisotopic (exact) mass is 314 g/mol. The summed E-state index contributed by atoms with van der Waals surface area (Å²) in [5.41, 5.74) is -0.0000680. The van der Waals surface area contributed by atoms with Crippen LogP contribution in [-0.2, 0) is 4.74 Å². The van der Waals surface area contributed by atoms with E-state index in [9.17, 15) is 14.9 Å². The van der Waals surface area contributed by atoms with E-state index in [1.165, 1.54) is 24.3 Å². The SMILES string of the molecule is CC(=O)c1cc([N+](=O)[O-])c(N2CCC(OCCO)CC2)s1. The molecule has 0 saturated carbocycles. The molecule has 0 atom stereocenters. The molecule has 0 aromatic carbocycles. The lowest BCUT2D eigenvalue weighted by Crippen LogP contribution is -2.37. The third kappa shape index (κ3) is 3.78. The van der Waals surface area contributed by atoms with Crippen molar-refractivity contribution in [3.8, 4) is 0 Å². The lowest BCUT2D eigenvalue weighted by Gasteiger charge is -2.32. The molecule has 1 aliphatic heterocycles. The number of nitro groups is 1. The zero-order valence-corrected chi connectivity index (χ0v) is 12.6. The smallest absolute Gasteiger partial charge is 0.304 e. The van der Waals surface area contributed by atoms with E-state index in [1.807, 2.05) is 4.90 Å². The van der Waals surface area contributed by atoms with Crippen molar-refractivity contribution in [1.82, 2.24) is 0 Å². The van der Waals surface area contributed by atoms with Crippen molar-refractivity contribution >= 4 is 27.8 Å². The number of hydrogen-bond donors (Lipinski definition) is 1. The van der Waals surface area contributed by atoms with Crippen molar-refractivity contribution in [2.24, 2.45) is 0 Å². The van der Waals surface area contributed by atoms with E-state index in [1.54, 1.807) is 0 Å². The standard InChI is InChI=1S/C13H18N2O5S/c1-9(17)12-8-11(15(18)19)13(21-12)14-4-2-10(3-5-14)20-7-6-16/h8,10,16H,2-7H2,1H3. The van der Waals surface area contributed by atoms with Crippen molar-refractivity contribution in [3.63, 3.8) is 0 Å². The van der Waals surface area contributed by atoms with Crippen LogP contribution in [0.2, 0.25) is 0 Å². The molecule has 0 bridgehead atoms. The predicted molar refractivity (Wildman–Crippen MR) is 79.3 cm³/mol. The highest BCUT2D eigenvalue weighted by atomic mass is 32.1. The Labute approximate surface area is 126 Å². The van der Waals surface area contributed by atoms with Gasteiger partial charge in [-0.3, -0.25) is 14.9 Å². The molecule has 0 radical (unpaired) electrons. The van der Waals surface area contributed by atoms with E-state index < -0.39 is 4.92 Å². The molecule has 21 heavy (non-hydrogen) atoms. The van der Waals surface area contributed by atoms with Crippen molar-refractivity contribution in [2.75, 3.05) is 31.2 Å². The quantitative estimate of drug-likeness (QED) is 0.489. The molecule has 7 nitrogen and oxygen atoms in total. The van der Waals surface area contributed by atoms with Crippen LogP contribution in [0.1, 0.15) is 29.4 Å². The number of hydrogen-bond acceptors (Lipinski definition) is 7. The molecule has 1 aromatic heterocycles. The molecule has 0 amide bonds. The molecule has 8 heteroatoms. The summed E-state index contributed by atoms with van der Waals surface area (Å²) >= 11 is 1.18. The second-order valence-corrected chi connectivity index (χ2v) is 5.93. The molecule has 1 N–H and O–H groups in total. The van der Waals surface area contributed by atoms with Gasteiger partial charge in [0.05, 0.1) is 29.1 Å². The van der Waals surface area contributed by atoms with E-state index in [0.29, 0.717) is 29.6 Å². The van der Waals surface area contributed by atoms with Crippen LogP contribution in [0.4, 0.5) is 10.7 Å². The molecule has 2 rings (SSSR count). The molecular formula is C13H18N2O5S. The number of ketones is 1. The summed E-state index contributed by atoms with van der Waals surface area (Å²) in [6.45, 7) is 3.02. The Morgan fingerprint density at radius 2 is 2.24 bits per heavy atom. The number of thiophene rings is 1. The minimum absolute atomic E-state index is 0.0000680. The zero-order chi connectivity index (χ0) is 15.4. The Kier molecular flexibility index (Phi) is 5.27. The average Bonchev–Trinajstić information content (AvgIpc) is 2.91. The van der Waals surface area contributed by atoms with Crippen molar-refractivity contribution < 1.29 is 19.6 Å². The second kappa shape index (κ2) is 6.97. The fourth-order valence-electron chi connectivity index (χ4n) is 2.35. The summed E-state index contributed by atoms with van der Waals surface area (Å²) < 4.78 is 5.48. The lowest BCUT2D eigenvalue weighted by atomic mass is 10.1. The number of rotatable bonds is 6. The van der Waals surface area contributed by atoms with Gasteiger partial charge in [0, 0.05) is 19.2 Å². The van der Waals surface area contributed by atoms with E-state index in [0.717, 1.165) is 12.8 Å². The number of Topliss-reactive ketones (excluding diaryl/α,β-unsaturated/α-hetero) is 1. The largest absolute Gasteiger partial charge is 0.394 e. The van der Waals surface area contributed by atoms with Crippen LogP contribution >= 0.6 is 11.3 Å². The van der Waals surface area contributed by atoms with Gasteiger partial charge in [0.15, 0.2) is 10.8 Å². The summed E-state index contributed by atoms with van der Waals surface area (Å²) in [5, 5.41) is 20.4. The Morgan fingerprint density at radius 3 is 2.76 bits per heavy atom. The number of anilines is 1. The van der Waals surface area contributed by atoms with Gasteiger partial charge < -0.3 is 14.7 Å². The molecule has 0 aliphatic carbocycles. The normalized spacial score (nSPS) is 16.2. The van der Waals surface area contributed by atoms with Crippen LogP contribution in [0, 0.1) is 10.1 Å². The third-order valence-electron chi connectivity index (χ3n) is 3.41. The molecule has 1 aromatic rings. The van der Waals surface area contributed by atoms with Gasteiger partial charge in [-0.25, -0.2) is 0 Å². The second-order valence-electron chi connectivity index (χ2n) is 4.90. The number of nitrogens with zero attached hydrogens (tertiary/aromatic N) is 2. The molecular weight excluding hydrogens is 296 g/mol. The van der Waals surface area contributed by atoms with Crippen molar-refractivity contribution in [1.29, 1.82) is 0 Å². The van der Waals surface area contributed by atoms with Crippen LogP contribution in [0.5, 0.6) is 0 Å². The van der Waals surface area contributed by atoms with Crippen LogP contribution in [0.25, 0.3) is 0 Å². The summed E-state index contributed by atoms with van der Waals surface area (Å²) in [4.78, 5) is 24.5. The molecule has 1 saturated heterocycles. The summed E-state index contributed by atoms with van der Waals surface area (Å²) in [6.07, 6.45) is 1.59. The van der Waals surface area contributed by atoms with Crippen LogP contribution in [0.15, 0.2) is 6.07 Å². The van der Waals surface area contributed by atoms with Gasteiger partial charge >= 0.3 is 5.69 Å². The van der Waals surface area contributed by atoms with Gasteiger partial charge in [-0.05, 0) is 19.8 Å². The molecule has 0 spiro atoms. The number of aliphatic hydroxyl groups excluding tert-OH is 1. The van der Waals surface area contributed by atoms with E-state index >= 15 is 0 Å². The van der Waals surface area contributed by atoms with Crippen LogP contribution in [0.3, 0.4) is 0 Å². The highest BCUT2D eigenvalue weighted by Gasteiger charge is 2.28. The van der Waals surface area contributed by atoms with Crippen molar-refractivity contribution in [2.45, 2.75) is 25.9 Å². The first kappa shape index (κ1) is 15.9. The molecule has 1 aliphatic rings. The first-order chi connectivity index (χ1) is 10.0. The summed E-state index contributed by atoms with van der Waals surface area (Å²) in [6, 6.07) is 1.36. The van der Waals surface area contributed by atoms with Crippen LogP contribution in [-0.4, -0.2) is 48.2 Å². The minimum Gasteiger partial charge on any atom is -0.394 e. The van der Waals surface area contributed by atoms with Gasteiger partial charge in [-0.1, -0.05) is 0 Å². The predicted octanol–water partition coefficient (Wildman–Crippen LogP) is 1.84. The Hall–Kier alpha value is -1.51. The van der Waals surface area contributed by atoms with Crippen LogP contribution < -0.4 is 4.90 Å². The summed E-state index contributed by atoms with van der Waals surface area (Å²) in [7, 11) is 0. The Bertz CT molecular complexity index is 523. The topological polar surface area (TPSA) is 92.9 Å². The van der Waals surface area contributed by atoms with Gasteiger partial charge in [0.1, 0.15) is 0 Å². The highest BCUT2D eigenvalue weighted by molar-refractivity contribution is 7.18. The number of carbonyl (C=O) groups is 1. The van der Waals surface area contributed by atoms with E-state index in [-0.39, 0.29) is 24.2 Å². The maximum absolute atomic E-state index is 11.4. The van der Waals surface area contributed by atoms with Gasteiger partial charge in [-0.2, -0.15) is 0 Å². The molecule has 0 unspecified atom stereocenters. The highest BCUT2D eigenvalue weighted by Crippen LogP contribution is 2.39. The fraction of sp³-hybridized carbons (Fsp3) is 0.615. The van der Waals surface area contributed by atoms with Gasteiger partial charge in [-0.15, -0.1) is 11.3 Å². The molecule has 1 fully saturated rings. The summed E-state index contributed by atoms with van der Waals surface area (Å²) in [5.74, 6) is -0.157. The Morgan fingerprint density at radius 1 is 1.57 bits per heavy atom. The third-order valence-corrected chi connectivity index (χ3v) is 4.70. The number of carbonyl (C=O) groups excluding carboxylic acids is 1. The Balaban J connectivity index is 2.09. The first-order valence-corrected chi connectivity index (χ1v) is 7.61. The minimum atomic E-state index is -0.438. The number of piperidine rings is 1. The number of aliphatic hydroxyl groups is 1. The average molecular weight is 314 g/mol. The fourth-order valence-corrected chi connectivity index (χ4v) is 3.42. The van der Waals surface area contributed by atoms with Crippen molar-refractivity contribution in [3.05, 3.63) is 21.1 Å². The van der Waals surface area contributed by atoms with Gasteiger partial charge in [0.25, 0.3) is 0 Å². The first-order valence-electron chi connectivity index (χ1n) is 6.79. The lowest BCUT2D eigenvalue weighted by molar-refractivity contribution is -0.383. The zero-order valence-electron chi connectivity index (χ0n) is 11.8. The molecule has 116 valence electrons. The number of ether oxygens (including phenoxy) is 1. The maximum Gasteiger partial charge on any atom is 0.304 e. The van der Waals surface area contributed by atoms with Gasteiger partial charge in [0.2, 0.25) is 0 Å².